The Labute approximate surface area is 186 Å². The zero-order valence-electron chi connectivity index (χ0n) is 14.3. The molecular formula is C19H12Cl4O5S. The first-order valence-electron chi connectivity index (χ1n) is 7.89. The van der Waals surface area contributed by atoms with Crippen LogP contribution < -0.4 is 0 Å². The van der Waals surface area contributed by atoms with Gasteiger partial charge in [0.2, 0.25) is 0 Å². The average molecular weight is 494 g/mol. The summed E-state index contributed by atoms with van der Waals surface area (Å²) in [5, 5.41) is 21.3. The van der Waals surface area contributed by atoms with Crippen molar-refractivity contribution in [1.29, 1.82) is 0 Å². The Morgan fingerprint density at radius 1 is 0.724 bits per heavy atom. The van der Waals surface area contributed by atoms with Crippen molar-refractivity contribution < 1.29 is 23.2 Å². The lowest BCUT2D eigenvalue weighted by Gasteiger charge is -2.34. The topological polar surface area (TPSA) is 94.8 Å². The van der Waals surface area contributed by atoms with Crippen molar-refractivity contribution in [2.45, 2.75) is 4.75 Å². The van der Waals surface area contributed by atoms with Gasteiger partial charge in [-0.2, -0.15) is 8.42 Å². The number of benzene rings is 3. The quantitative estimate of drug-likeness (QED) is 0.311. The molecule has 0 aliphatic heterocycles. The lowest BCUT2D eigenvalue weighted by Crippen LogP contribution is -2.38. The molecule has 3 aromatic carbocycles. The van der Waals surface area contributed by atoms with E-state index in [1.54, 1.807) is 0 Å². The second kappa shape index (κ2) is 7.87. The van der Waals surface area contributed by atoms with E-state index in [2.05, 4.69) is 0 Å². The molecule has 3 aromatic rings. The Morgan fingerprint density at radius 3 is 1.86 bits per heavy atom. The molecule has 0 spiro atoms. The van der Waals surface area contributed by atoms with Crippen molar-refractivity contribution in [1.82, 2.24) is 0 Å². The molecule has 0 aliphatic carbocycles. The summed E-state index contributed by atoms with van der Waals surface area (Å²) in [6.07, 6.45) is 0. The van der Waals surface area contributed by atoms with Gasteiger partial charge in [0.25, 0.3) is 10.1 Å². The summed E-state index contributed by atoms with van der Waals surface area (Å²) in [6, 6.07) is 11.3. The number of aromatic hydroxyl groups is 2. The fourth-order valence-corrected chi connectivity index (χ4v) is 5.56. The molecule has 3 rings (SSSR count). The Balaban J connectivity index is 2.63. The Morgan fingerprint density at radius 2 is 1.31 bits per heavy atom. The van der Waals surface area contributed by atoms with Gasteiger partial charge in [-0.05, 0) is 48.0 Å². The molecule has 0 fully saturated rings. The normalized spacial score (nSPS) is 13.8. The number of hydrogen-bond donors (Lipinski definition) is 3. The number of rotatable bonds is 4. The molecule has 0 saturated heterocycles. The Bertz CT molecular complexity index is 1170. The van der Waals surface area contributed by atoms with Gasteiger partial charge in [0.15, 0.2) is 4.75 Å². The molecule has 5 nitrogen and oxygen atoms in total. The number of phenols is 2. The van der Waals surface area contributed by atoms with Gasteiger partial charge in [0, 0.05) is 26.2 Å². The van der Waals surface area contributed by atoms with Gasteiger partial charge in [-0.3, -0.25) is 4.55 Å². The van der Waals surface area contributed by atoms with Crippen molar-refractivity contribution in [3.63, 3.8) is 0 Å². The summed E-state index contributed by atoms with van der Waals surface area (Å²) in [4.78, 5) is 0. The highest BCUT2D eigenvalue weighted by Crippen LogP contribution is 2.53. The van der Waals surface area contributed by atoms with Crippen LogP contribution in [0.4, 0.5) is 0 Å². The molecule has 0 aliphatic rings. The van der Waals surface area contributed by atoms with E-state index in [0.29, 0.717) is 5.02 Å². The van der Waals surface area contributed by atoms with Gasteiger partial charge in [0.05, 0.1) is 5.02 Å². The van der Waals surface area contributed by atoms with E-state index >= 15 is 0 Å². The maximum atomic E-state index is 13.0. The first-order valence-corrected chi connectivity index (χ1v) is 10.8. The summed E-state index contributed by atoms with van der Waals surface area (Å²) in [5.74, 6) is -1.12. The highest BCUT2D eigenvalue weighted by atomic mass is 35.5. The molecule has 0 amide bonds. The molecule has 152 valence electrons. The van der Waals surface area contributed by atoms with Crippen LogP contribution in [0.1, 0.15) is 16.7 Å². The lowest BCUT2D eigenvalue weighted by molar-refractivity contribution is 0.428. The van der Waals surface area contributed by atoms with E-state index in [9.17, 15) is 23.2 Å². The number of halogens is 4. The van der Waals surface area contributed by atoms with Crippen molar-refractivity contribution in [3.05, 3.63) is 91.4 Å². The minimum atomic E-state index is -5.14. The van der Waals surface area contributed by atoms with Gasteiger partial charge in [-0.15, -0.1) is 0 Å². The Hall–Kier alpha value is -1.67. The van der Waals surface area contributed by atoms with E-state index < -0.39 is 31.9 Å². The van der Waals surface area contributed by atoms with Crippen LogP contribution >= 0.6 is 46.4 Å². The summed E-state index contributed by atoms with van der Waals surface area (Å²) >= 11 is 24.2. The Kier molecular flexibility index (Phi) is 5.98. The third-order valence-electron chi connectivity index (χ3n) is 4.36. The highest BCUT2D eigenvalue weighted by molar-refractivity contribution is 7.87. The zero-order valence-corrected chi connectivity index (χ0v) is 18.1. The van der Waals surface area contributed by atoms with Crippen LogP contribution in [-0.2, 0) is 14.9 Å². The minimum absolute atomic E-state index is 0.0342. The standard InChI is InChI=1S/C19H12Cl4O5S/c20-11-3-1-10(2-4-11)19(29(26,27)28,14-7-12(21)5-6-16(14)24)18-15(23)8-13(22)9-17(18)25/h1-9,24-25H,(H,26,27,28). The average Bonchev–Trinajstić information content (AvgIpc) is 2.60. The fourth-order valence-electron chi connectivity index (χ4n) is 3.23. The molecule has 0 bridgehead atoms. The molecule has 0 radical (unpaired) electrons. The second-order valence-electron chi connectivity index (χ2n) is 6.11. The van der Waals surface area contributed by atoms with E-state index in [-0.39, 0.29) is 26.2 Å². The van der Waals surface area contributed by atoms with Gasteiger partial charge >= 0.3 is 0 Å². The largest absolute Gasteiger partial charge is 0.508 e. The number of phenolic OH excluding ortho intramolecular Hbond substituents is 2. The third kappa shape index (κ3) is 3.77. The van der Waals surface area contributed by atoms with Crippen LogP contribution in [0.5, 0.6) is 11.5 Å². The summed E-state index contributed by atoms with van der Waals surface area (Å²) in [5.41, 5.74) is -0.790. The van der Waals surface area contributed by atoms with Crippen LogP contribution in [0.2, 0.25) is 20.1 Å². The smallest absolute Gasteiger partial charge is 0.283 e. The first-order chi connectivity index (χ1) is 13.5. The third-order valence-corrected chi connectivity index (χ3v) is 6.80. The summed E-state index contributed by atoms with van der Waals surface area (Å²) in [7, 11) is -5.14. The predicted octanol–water partition coefficient (Wildman–Crippen LogP) is 5.89. The maximum Gasteiger partial charge on any atom is 0.283 e. The van der Waals surface area contributed by atoms with E-state index in [1.807, 2.05) is 0 Å². The predicted molar refractivity (Wildman–Crippen MR) is 114 cm³/mol. The maximum absolute atomic E-state index is 13.0. The van der Waals surface area contributed by atoms with E-state index in [0.717, 1.165) is 18.2 Å². The van der Waals surface area contributed by atoms with E-state index in [4.69, 9.17) is 46.4 Å². The fraction of sp³-hybridized carbons (Fsp3) is 0.0526. The molecular weight excluding hydrogens is 482 g/mol. The minimum Gasteiger partial charge on any atom is -0.508 e. The van der Waals surface area contributed by atoms with Gasteiger partial charge in [-0.25, -0.2) is 0 Å². The molecule has 1 atom stereocenters. The summed E-state index contributed by atoms with van der Waals surface area (Å²) < 4.78 is 33.8. The molecule has 0 heterocycles. The van der Waals surface area contributed by atoms with Crippen molar-refractivity contribution >= 4 is 56.5 Å². The summed E-state index contributed by atoms with van der Waals surface area (Å²) in [6.45, 7) is 0. The SMILES string of the molecule is O=S(=O)(O)C(c1ccc(Cl)cc1)(c1cc(Cl)ccc1O)c1c(O)cc(Cl)cc1Cl. The zero-order chi connectivity index (χ0) is 21.6. The van der Waals surface area contributed by atoms with Crippen LogP contribution in [0.15, 0.2) is 54.6 Å². The van der Waals surface area contributed by atoms with Crippen molar-refractivity contribution in [2.75, 3.05) is 0 Å². The molecule has 1 unspecified atom stereocenters. The van der Waals surface area contributed by atoms with Crippen LogP contribution in [0.3, 0.4) is 0 Å². The molecule has 10 heteroatoms. The van der Waals surface area contributed by atoms with Crippen LogP contribution in [0.25, 0.3) is 0 Å². The van der Waals surface area contributed by atoms with Crippen LogP contribution in [-0.4, -0.2) is 23.2 Å². The monoisotopic (exact) mass is 492 g/mol. The highest BCUT2D eigenvalue weighted by Gasteiger charge is 2.53. The van der Waals surface area contributed by atoms with Gasteiger partial charge < -0.3 is 10.2 Å². The lowest BCUT2D eigenvalue weighted by atomic mass is 9.83. The van der Waals surface area contributed by atoms with Gasteiger partial charge in [0.1, 0.15) is 11.5 Å². The van der Waals surface area contributed by atoms with Crippen molar-refractivity contribution in [2.24, 2.45) is 0 Å². The molecule has 29 heavy (non-hydrogen) atoms. The molecule has 0 aromatic heterocycles. The second-order valence-corrected chi connectivity index (χ2v) is 9.39. The molecule has 0 saturated carbocycles. The van der Waals surface area contributed by atoms with Crippen LogP contribution in [0, 0.1) is 0 Å². The first kappa shape index (κ1) is 22.0. The number of hydrogen-bond acceptors (Lipinski definition) is 4. The van der Waals surface area contributed by atoms with E-state index in [1.165, 1.54) is 36.4 Å². The van der Waals surface area contributed by atoms with Crippen molar-refractivity contribution in [3.8, 4) is 11.5 Å². The molecule has 3 N–H and O–H groups in total. The van der Waals surface area contributed by atoms with Gasteiger partial charge in [-0.1, -0.05) is 58.5 Å².